The number of fused-ring (bicyclic) bond motifs is 1. The summed E-state index contributed by atoms with van der Waals surface area (Å²) in [6.07, 6.45) is -10.1. The third kappa shape index (κ3) is 3.15. The highest BCUT2D eigenvalue weighted by atomic mass is 32.2. The lowest BCUT2D eigenvalue weighted by Gasteiger charge is -2.38. The van der Waals surface area contributed by atoms with E-state index in [1.807, 2.05) is 0 Å². The molecule has 19 heavy (non-hydrogen) atoms. The van der Waals surface area contributed by atoms with Gasteiger partial charge in [0.1, 0.15) is 23.7 Å². The molecule has 2 aliphatic rings. The number of aliphatic imine (C=N–C) groups is 1. The molecule has 0 spiro atoms. The fraction of sp³-hybridized carbons (Fsp3) is 0.900. The van der Waals surface area contributed by atoms with E-state index >= 15 is 0 Å². The van der Waals surface area contributed by atoms with Gasteiger partial charge in [-0.15, -0.1) is 0 Å². The molecule has 0 amide bonds. The van der Waals surface area contributed by atoms with Crippen LogP contribution in [0.4, 0.5) is 13.2 Å². The average molecular weight is 300 g/mol. The maximum Gasteiger partial charge on any atom is 0.391 e. The summed E-state index contributed by atoms with van der Waals surface area (Å²) < 4.78 is 42.4. The highest BCUT2D eigenvalue weighted by Gasteiger charge is 2.51. The van der Waals surface area contributed by atoms with Crippen molar-refractivity contribution < 1.29 is 28.1 Å². The molecule has 2 aliphatic heterocycles. The van der Waals surface area contributed by atoms with Gasteiger partial charge in [-0.2, -0.15) is 13.2 Å². The lowest BCUT2D eigenvalue weighted by Crippen LogP contribution is -2.55. The van der Waals surface area contributed by atoms with Crippen LogP contribution >= 0.6 is 11.8 Å². The molecule has 0 saturated carbocycles. The van der Waals surface area contributed by atoms with Crippen LogP contribution in [-0.4, -0.2) is 70.3 Å². The predicted molar refractivity (Wildman–Crippen MR) is 63.8 cm³/mol. The number of hydrogen-bond acceptors (Lipinski definition) is 6. The first-order valence-electron chi connectivity index (χ1n) is 5.69. The summed E-state index contributed by atoms with van der Waals surface area (Å²) in [6, 6.07) is -0.734. The Morgan fingerprint density at radius 1 is 1.32 bits per heavy atom. The fourth-order valence-electron chi connectivity index (χ4n) is 2.03. The van der Waals surface area contributed by atoms with Crippen LogP contribution in [-0.2, 0) is 4.74 Å². The van der Waals surface area contributed by atoms with Gasteiger partial charge in [-0.1, -0.05) is 11.8 Å². The van der Waals surface area contributed by atoms with Gasteiger partial charge in [0.15, 0.2) is 5.17 Å². The Balaban J connectivity index is 2.10. The molecule has 0 bridgehead atoms. The zero-order chi connectivity index (χ0) is 14.4. The van der Waals surface area contributed by atoms with Gasteiger partial charge in [0.2, 0.25) is 0 Å². The van der Waals surface area contributed by atoms with Crippen molar-refractivity contribution in [3.8, 4) is 0 Å². The summed E-state index contributed by atoms with van der Waals surface area (Å²) in [7, 11) is 3.47. The number of alkyl halides is 3. The van der Waals surface area contributed by atoms with Crippen LogP contribution in [0.3, 0.4) is 0 Å². The van der Waals surface area contributed by atoms with Crippen LogP contribution in [0.2, 0.25) is 0 Å². The largest absolute Gasteiger partial charge is 0.391 e. The minimum Gasteiger partial charge on any atom is -0.388 e. The Morgan fingerprint density at radius 3 is 2.47 bits per heavy atom. The number of aliphatic hydroxyl groups is 2. The van der Waals surface area contributed by atoms with Gasteiger partial charge in [-0.3, -0.25) is 4.99 Å². The van der Waals surface area contributed by atoms with Crippen molar-refractivity contribution in [1.82, 2.24) is 4.90 Å². The van der Waals surface area contributed by atoms with Crippen LogP contribution in [0.25, 0.3) is 0 Å². The zero-order valence-corrected chi connectivity index (χ0v) is 11.1. The zero-order valence-electron chi connectivity index (χ0n) is 10.3. The minimum absolute atomic E-state index is 0.564. The number of halogens is 3. The lowest BCUT2D eigenvalue weighted by molar-refractivity contribution is -0.209. The van der Waals surface area contributed by atoms with Gasteiger partial charge < -0.3 is 19.8 Å². The summed E-state index contributed by atoms with van der Waals surface area (Å²) in [4.78, 5) is 5.85. The standard InChI is InChI=1S/C10H15F3N2O3S/c1-15(2)9-14-5-7(17)6(16)4(3-10(11,12)13)18-8(5)19-9/h4-8,16-17H,3H2,1-2H3. The third-order valence-corrected chi connectivity index (χ3v) is 4.27. The molecule has 0 aromatic rings. The van der Waals surface area contributed by atoms with Gasteiger partial charge in [-0.25, -0.2) is 0 Å². The van der Waals surface area contributed by atoms with Gasteiger partial charge in [0.25, 0.3) is 0 Å². The Hall–Kier alpha value is -0.510. The van der Waals surface area contributed by atoms with Crippen molar-refractivity contribution >= 4 is 16.9 Å². The molecule has 5 atom stereocenters. The molecule has 0 aliphatic carbocycles. The van der Waals surface area contributed by atoms with Crippen molar-refractivity contribution in [2.75, 3.05) is 14.1 Å². The molecule has 9 heteroatoms. The number of hydrogen-bond donors (Lipinski definition) is 2. The topological polar surface area (TPSA) is 65.3 Å². The van der Waals surface area contributed by atoms with E-state index in [0.29, 0.717) is 5.17 Å². The number of aliphatic hydroxyl groups excluding tert-OH is 2. The van der Waals surface area contributed by atoms with Gasteiger partial charge in [0.05, 0.1) is 12.5 Å². The number of rotatable bonds is 1. The van der Waals surface area contributed by atoms with Crippen LogP contribution < -0.4 is 0 Å². The maximum atomic E-state index is 12.4. The Bertz CT molecular complexity index is 378. The van der Waals surface area contributed by atoms with Crippen LogP contribution in [0, 0.1) is 0 Å². The summed E-state index contributed by atoms with van der Waals surface area (Å²) in [5.41, 5.74) is -0.692. The first-order valence-corrected chi connectivity index (χ1v) is 6.57. The second-order valence-electron chi connectivity index (χ2n) is 4.76. The first kappa shape index (κ1) is 14.9. The minimum atomic E-state index is -4.45. The summed E-state index contributed by atoms with van der Waals surface area (Å²) in [5.74, 6) is 0. The first-order chi connectivity index (χ1) is 8.69. The van der Waals surface area contributed by atoms with E-state index in [0.717, 1.165) is 11.8 Å². The molecule has 0 aromatic carbocycles. The molecule has 0 aromatic heterocycles. The van der Waals surface area contributed by atoms with E-state index < -0.39 is 42.4 Å². The molecule has 2 heterocycles. The summed E-state index contributed by atoms with van der Waals surface area (Å²) >= 11 is 1.15. The highest BCUT2D eigenvalue weighted by molar-refractivity contribution is 8.14. The SMILES string of the molecule is CN(C)C1=NC2C(OC(CC(F)(F)F)C(O)C2O)S1. The fourth-order valence-corrected chi connectivity index (χ4v) is 3.19. The van der Waals surface area contributed by atoms with E-state index in [9.17, 15) is 23.4 Å². The summed E-state index contributed by atoms with van der Waals surface area (Å²) in [6.45, 7) is 0. The van der Waals surface area contributed by atoms with Crippen LogP contribution in [0.15, 0.2) is 4.99 Å². The smallest absolute Gasteiger partial charge is 0.388 e. The highest BCUT2D eigenvalue weighted by Crippen LogP contribution is 2.39. The number of thioether (sulfide) groups is 1. The van der Waals surface area contributed by atoms with E-state index in [4.69, 9.17) is 4.74 Å². The van der Waals surface area contributed by atoms with Gasteiger partial charge in [-0.05, 0) is 0 Å². The van der Waals surface area contributed by atoms with Crippen LogP contribution in [0.1, 0.15) is 6.42 Å². The molecule has 110 valence electrons. The van der Waals surface area contributed by atoms with Crippen molar-refractivity contribution in [2.45, 2.75) is 42.4 Å². The molecule has 0 radical (unpaired) electrons. The molecular formula is C10H15F3N2O3S. The predicted octanol–water partition coefficient (Wildman–Crippen LogP) is 0.418. The molecule has 5 nitrogen and oxygen atoms in total. The second-order valence-corrected chi connectivity index (χ2v) is 5.82. The molecule has 1 saturated heterocycles. The van der Waals surface area contributed by atoms with Crippen LogP contribution in [0.5, 0.6) is 0 Å². The normalized spacial score (nSPS) is 38.9. The van der Waals surface area contributed by atoms with E-state index in [-0.39, 0.29) is 0 Å². The monoisotopic (exact) mass is 300 g/mol. The van der Waals surface area contributed by atoms with Crippen molar-refractivity contribution in [3.05, 3.63) is 0 Å². The Labute approximate surface area is 112 Å². The van der Waals surface area contributed by atoms with Gasteiger partial charge >= 0.3 is 6.18 Å². The molecule has 5 unspecified atom stereocenters. The van der Waals surface area contributed by atoms with Gasteiger partial charge in [0, 0.05) is 14.1 Å². The molecule has 2 rings (SSSR count). The average Bonchev–Trinajstić information content (AvgIpc) is 2.67. The van der Waals surface area contributed by atoms with Crippen molar-refractivity contribution in [1.29, 1.82) is 0 Å². The van der Waals surface area contributed by atoms with E-state index in [1.165, 1.54) is 0 Å². The van der Waals surface area contributed by atoms with E-state index in [1.54, 1.807) is 19.0 Å². The molecular weight excluding hydrogens is 285 g/mol. The quantitative estimate of drug-likeness (QED) is 0.735. The molecule has 1 fully saturated rings. The van der Waals surface area contributed by atoms with E-state index in [2.05, 4.69) is 4.99 Å². The number of ether oxygens (including phenoxy) is 1. The number of nitrogens with zero attached hydrogens (tertiary/aromatic N) is 2. The second kappa shape index (κ2) is 5.12. The number of amidine groups is 1. The Morgan fingerprint density at radius 2 is 1.95 bits per heavy atom. The van der Waals surface area contributed by atoms with Crippen molar-refractivity contribution in [3.63, 3.8) is 0 Å². The third-order valence-electron chi connectivity index (χ3n) is 2.96. The Kier molecular flexibility index (Phi) is 4.01. The lowest BCUT2D eigenvalue weighted by atomic mass is 9.96. The summed E-state index contributed by atoms with van der Waals surface area (Å²) in [5, 5.41) is 20.1. The maximum absolute atomic E-state index is 12.4. The molecule has 2 N–H and O–H groups in total. The van der Waals surface area contributed by atoms with Crippen molar-refractivity contribution in [2.24, 2.45) is 4.99 Å².